The maximum atomic E-state index is 12.1. The molecule has 1 aromatic rings. The van der Waals surface area contributed by atoms with Crippen molar-refractivity contribution in [3.63, 3.8) is 0 Å². The highest BCUT2D eigenvalue weighted by Gasteiger charge is 2.37. The molecule has 2 unspecified atom stereocenters. The zero-order valence-corrected chi connectivity index (χ0v) is 9.33. The monoisotopic (exact) mass is 234 g/mol. The van der Waals surface area contributed by atoms with Crippen molar-refractivity contribution in [1.29, 1.82) is 0 Å². The van der Waals surface area contributed by atoms with Crippen LogP contribution in [0.3, 0.4) is 0 Å². The van der Waals surface area contributed by atoms with Crippen LogP contribution in [0.2, 0.25) is 0 Å². The molecule has 4 nitrogen and oxygen atoms in total. The fourth-order valence-corrected chi connectivity index (χ4v) is 2.09. The molecular weight excluding hydrogens is 220 g/mol. The molecule has 90 valence electrons. The first-order chi connectivity index (χ1) is 8.20. The molecule has 0 aliphatic carbocycles. The molecule has 1 aliphatic rings. The topological polar surface area (TPSA) is 63.6 Å². The summed E-state index contributed by atoms with van der Waals surface area (Å²) in [5, 5.41) is 9.16. The summed E-state index contributed by atoms with van der Waals surface area (Å²) >= 11 is 0. The lowest BCUT2D eigenvalue weighted by Gasteiger charge is -2.17. The smallest absolute Gasteiger partial charge is 0.317 e. The molecule has 1 heterocycles. The Balaban J connectivity index is 2.22. The lowest BCUT2D eigenvalue weighted by molar-refractivity contribution is -0.143. The van der Waals surface area contributed by atoms with Gasteiger partial charge in [-0.1, -0.05) is 30.3 Å². The molecule has 1 fully saturated rings. The van der Waals surface area contributed by atoms with E-state index in [-0.39, 0.29) is 5.78 Å². The van der Waals surface area contributed by atoms with Crippen LogP contribution < -0.4 is 0 Å². The standard InChI is InChI=1S/C13H14O4/c14-12(9-5-2-1-3-6-9)11(13(15)16)10-7-4-8-17-10/h1-3,5-6,10-11H,4,7-8H2,(H,15,16). The number of Topliss-reactive ketones (excluding diaryl/α,β-unsaturated/α-hetero) is 1. The molecule has 17 heavy (non-hydrogen) atoms. The van der Waals surface area contributed by atoms with E-state index in [0.717, 1.165) is 6.42 Å². The van der Waals surface area contributed by atoms with Crippen LogP contribution in [0.4, 0.5) is 0 Å². The summed E-state index contributed by atoms with van der Waals surface area (Å²) in [5.74, 6) is -2.56. The second kappa shape index (κ2) is 5.10. The molecule has 1 N–H and O–H groups in total. The van der Waals surface area contributed by atoms with Crippen LogP contribution in [0.15, 0.2) is 30.3 Å². The van der Waals surface area contributed by atoms with Crippen LogP contribution in [0.1, 0.15) is 23.2 Å². The van der Waals surface area contributed by atoms with Gasteiger partial charge in [0.2, 0.25) is 0 Å². The van der Waals surface area contributed by atoms with Gasteiger partial charge in [-0.3, -0.25) is 9.59 Å². The van der Waals surface area contributed by atoms with Crippen molar-refractivity contribution in [1.82, 2.24) is 0 Å². The SMILES string of the molecule is O=C(O)C(C(=O)c1ccccc1)C1CCCO1. The fraction of sp³-hybridized carbons (Fsp3) is 0.385. The third-order valence-corrected chi connectivity index (χ3v) is 2.94. The average molecular weight is 234 g/mol. The van der Waals surface area contributed by atoms with Crippen molar-refractivity contribution in [3.05, 3.63) is 35.9 Å². The van der Waals surface area contributed by atoms with E-state index in [1.54, 1.807) is 30.3 Å². The van der Waals surface area contributed by atoms with Crippen molar-refractivity contribution < 1.29 is 19.4 Å². The average Bonchev–Trinajstić information content (AvgIpc) is 2.83. The molecule has 0 radical (unpaired) electrons. The van der Waals surface area contributed by atoms with Gasteiger partial charge in [-0.15, -0.1) is 0 Å². The molecule has 4 heteroatoms. The van der Waals surface area contributed by atoms with E-state index in [9.17, 15) is 9.59 Å². The van der Waals surface area contributed by atoms with E-state index in [1.165, 1.54) is 0 Å². The Morgan fingerprint density at radius 3 is 2.53 bits per heavy atom. The van der Waals surface area contributed by atoms with Crippen molar-refractivity contribution in [2.45, 2.75) is 18.9 Å². The quantitative estimate of drug-likeness (QED) is 0.636. The summed E-state index contributed by atoms with van der Waals surface area (Å²) in [6, 6.07) is 8.50. The van der Waals surface area contributed by atoms with Crippen molar-refractivity contribution in [2.75, 3.05) is 6.61 Å². The summed E-state index contributed by atoms with van der Waals surface area (Å²) in [5.41, 5.74) is 0.426. The predicted molar refractivity (Wildman–Crippen MR) is 60.9 cm³/mol. The van der Waals surface area contributed by atoms with E-state index in [1.807, 2.05) is 0 Å². The van der Waals surface area contributed by atoms with Gasteiger partial charge >= 0.3 is 5.97 Å². The van der Waals surface area contributed by atoms with Gasteiger partial charge in [-0.05, 0) is 12.8 Å². The third kappa shape index (κ3) is 2.53. The summed E-state index contributed by atoms with van der Waals surface area (Å²) in [7, 11) is 0. The molecule has 1 aliphatic heterocycles. The molecule has 1 aromatic carbocycles. The predicted octanol–water partition coefficient (Wildman–Crippen LogP) is 1.75. The molecule has 0 amide bonds. The van der Waals surface area contributed by atoms with Gasteiger partial charge in [0.25, 0.3) is 0 Å². The molecule has 0 saturated carbocycles. The number of ketones is 1. The first kappa shape index (κ1) is 11.8. The third-order valence-electron chi connectivity index (χ3n) is 2.94. The molecule has 2 rings (SSSR count). The van der Waals surface area contributed by atoms with E-state index >= 15 is 0 Å². The van der Waals surface area contributed by atoms with Gasteiger partial charge in [0.15, 0.2) is 5.78 Å². The number of carbonyl (C=O) groups excluding carboxylic acids is 1. The highest BCUT2D eigenvalue weighted by atomic mass is 16.5. The lowest BCUT2D eigenvalue weighted by atomic mass is 9.91. The number of rotatable bonds is 4. The maximum absolute atomic E-state index is 12.1. The van der Waals surface area contributed by atoms with E-state index in [0.29, 0.717) is 18.6 Å². The summed E-state index contributed by atoms with van der Waals surface area (Å²) < 4.78 is 5.32. The minimum absolute atomic E-state index is 0.370. The van der Waals surface area contributed by atoms with Crippen molar-refractivity contribution in [2.24, 2.45) is 5.92 Å². The fourth-order valence-electron chi connectivity index (χ4n) is 2.09. The number of carboxylic acid groups (broad SMARTS) is 1. The number of carboxylic acids is 1. The second-order valence-electron chi connectivity index (χ2n) is 4.10. The lowest BCUT2D eigenvalue weighted by Crippen LogP contribution is -2.34. The molecule has 0 aromatic heterocycles. The van der Waals surface area contributed by atoms with E-state index in [4.69, 9.17) is 9.84 Å². The van der Waals surface area contributed by atoms with Gasteiger partial charge < -0.3 is 9.84 Å². The minimum Gasteiger partial charge on any atom is -0.481 e. The molecule has 1 saturated heterocycles. The Morgan fingerprint density at radius 2 is 2.00 bits per heavy atom. The largest absolute Gasteiger partial charge is 0.481 e. The number of ether oxygens (including phenoxy) is 1. The van der Waals surface area contributed by atoms with Crippen LogP contribution >= 0.6 is 0 Å². The van der Waals surface area contributed by atoms with Crippen LogP contribution in [-0.4, -0.2) is 29.6 Å². The number of benzene rings is 1. The zero-order chi connectivity index (χ0) is 12.3. The minimum atomic E-state index is -1.11. The van der Waals surface area contributed by atoms with Crippen molar-refractivity contribution >= 4 is 11.8 Å². The van der Waals surface area contributed by atoms with E-state index in [2.05, 4.69) is 0 Å². The number of carbonyl (C=O) groups is 2. The normalized spacial score (nSPS) is 21.1. The molecular formula is C13H14O4. The van der Waals surface area contributed by atoms with Crippen LogP contribution in [0, 0.1) is 5.92 Å². The molecule has 0 bridgehead atoms. The zero-order valence-electron chi connectivity index (χ0n) is 9.33. The van der Waals surface area contributed by atoms with Crippen molar-refractivity contribution in [3.8, 4) is 0 Å². The van der Waals surface area contributed by atoms with E-state index < -0.39 is 18.0 Å². The van der Waals surface area contributed by atoms with Crippen LogP contribution in [-0.2, 0) is 9.53 Å². The van der Waals surface area contributed by atoms with Gasteiger partial charge in [-0.25, -0.2) is 0 Å². The Bertz CT molecular complexity index is 407. The highest BCUT2D eigenvalue weighted by Crippen LogP contribution is 2.24. The Labute approximate surface area is 99.2 Å². The first-order valence-corrected chi connectivity index (χ1v) is 5.64. The number of hydrogen-bond acceptors (Lipinski definition) is 3. The number of aliphatic carboxylic acids is 1. The summed E-state index contributed by atoms with van der Waals surface area (Å²) in [6.45, 7) is 0.538. The van der Waals surface area contributed by atoms with Gasteiger partial charge in [0.1, 0.15) is 5.92 Å². The first-order valence-electron chi connectivity index (χ1n) is 5.64. The maximum Gasteiger partial charge on any atom is 0.317 e. The molecule has 2 atom stereocenters. The second-order valence-corrected chi connectivity index (χ2v) is 4.10. The molecule has 0 spiro atoms. The van der Waals surface area contributed by atoms with Gasteiger partial charge in [0.05, 0.1) is 6.10 Å². The van der Waals surface area contributed by atoms with Crippen LogP contribution in [0.5, 0.6) is 0 Å². The Hall–Kier alpha value is -1.68. The van der Waals surface area contributed by atoms with Gasteiger partial charge in [0, 0.05) is 12.2 Å². The number of hydrogen-bond donors (Lipinski definition) is 1. The summed E-state index contributed by atoms with van der Waals surface area (Å²) in [6.07, 6.45) is 0.965. The Kier molecular flexibility index (Phi) is 3.54. The highest BCUT2D eigenvalue weighted by molar-refractivity contribution is 6.08. The van der Waals surface area contributed by atoms with Crippen LogP contribution in [0.25, 0.3) is 0 Å². The Morgan fingerprint density at radius 1 is 1.29 bits per heavy atom. The van der Waals surface area contributed by atoms with Gasteiger partial charge in [-0.2, -0.15) is 0 Å². The summed E-state index contributed by atoms with van der Waals surface area (Å²) in [4.78, 5) is 23.3.